The van der Waals surface area contributed by atoms with Crippen molar-refractivity contribution in [2.45, 2.75) is 52.2 Å². The molecule has 106 valence electrons. The normalized spacial score (nSPS) is 25.6. The highest BCUT2D eigenvalue weighted by molar-refractivity contribution is 7.86. The maximum Gasteiger partial charge on any atom is 0.309 e. The monoisotopic (exact) mass is 278 g/mol. The Balaban J connectivity index is 2.55. The van der Waals surface area contributed by atoms with Crippen molar-refractivity contribution in [1.29, 1.82) is 0 Å². The van der Waals surface area contributed by atoms with E-state index in [9.17, 15) is 13.2 Å². The van der Waals surface area contributed by atoms with Gasteiger partial charge >= 0.3 is 5.97 Å². The van der Waals surface area contributed by atoms with Crippen molar-refractivity contribution in [2.24, 2.45) is 11.8 Å². The lowest BCUT2D eigenvalue weighted by molar-refractivity contribution is -0.157. The van der Waals surface area contributed by atoms with E-state index in [0.717, 1.165) is 6.26 Å². The molecule has 0 heterocycles. The summed E-state index contributed by atoms with van der Waals surface area (Å²) in [5.41, 5.74) is -0.510. The van der Waals surface area contributed by atoms with Gasteiger partial charge in [0.05, 0.1) is 18.3 Å². The zero-order chi connectivity index (χ0) is 14.1. The van der Waals surface area contributed by atoms with Gasteiger partial charge in [0.1, 0.15) is 5.60 Å². The van der Waals surface area contributed by atoms with E-state index in [1.165, 1.54) is 0 Å². The first-order valence-corrected chi connectivity index (χ1v) is 7.96. The first-order valence-electron chi connectivity index (χ1n) is 6.14. The molecule has 1 saturated carbocycles. The third-order valence-electron chi connectivity index (χ3n) is 2.73. The van der Waals surface area contributed by atoms with Crippen LogP contribution in [0.15, 0.2) is 0 Å². The van der Waals surface area contributed by atoms with Gasteiger partial charge in [0, 0.05) is 5.92 Å². The summed E-state index contributed by atoms with van der Waals surface area (Å²) < 4.78 is 32.5. The van der Waals surface area contributed by atoms with Crippen molar-refractivity contribution in [3.63, 3.8) is 0 Å². The Kier molecular flexibility index (Phi) is 4.43. The Hall–Kier alpha value is -0.620. The standard InChI is InChI=1S/C12H22O5S/c1-6-10(17-18(5,14)15)8-7-9(8)11(13)16-12(2,3)4/h8-10H,6-7H2,1-5H3/t8-,9-,10-/m1/s1. The van der Waals surface area contributed by atoms with E-state index in [-0.39, 0.29) is 17.8 Å². The van der Waals surface area contributed by atoms with Crippen LogP contribution in [0.5, 0.6) is 0 Å². The summed E-state index contributed by atoms with van der Waals surface area (Å²) in [5.74, 6) is -0.529. The largest absolute Gasteiger partial charge is 0.460 e. The lowest BCUT2D eigenvalue weighted by atomic mass is 10.1. The molecule has 0 aromatic carbocycles. The quantitative estimate of drug-likeness (QED) is 0.565. The molecule has 0 N–H and O–H groups in total. The summed E-state index contributed by atoms with van der Waals surface area (Å²) in [6.07, 6.45) is 1.82. The second-order valence-electron chi connectivity index (χ2n) is 5.79. The lowest BCUT2D eigenvalue weighted by Crippen LogP contribution is -2.27. The molecule has 3 atom stereocenters. The number of rotatable bonds is 5. The van der Waals surface area contributed by atoms with Gasteiger partial charge in [-0.2, -0.15) is 8.42 Å². The number of hydrogen-bond acceptors (Lipinski definition) is 5. The van der Waals surface area contributed by atoms with Gasteiger partial charge in [0.2, 0.25) is 0 Å². The number of esters is 1. The van der Waals surface area contributed by atoms with Crippen LogP contribution in [-0.4, -0.2) is 32.3 Å². The minimum atomic E-state index is -3.48. The fraction of sp³-hybridized carbons (Fsp3) is 0.917. The van der Waals surface area contributed by atoms with Crippen molar-refractivity contribution in [1.82, 2.24) is 0 Å². The van der Waals surface area contributed by atoms with E-state index in [1.54, 1.807) is 0 Å². The summed E-state index contributed by atoms with van der Waals surface area (Å²) in [7, 11) is -3.48. The fourth-order valence-electron chi connectivity index (χ4n) is 1.94. The Morgan fingerprint density at radius 3 is 2.33 bits per heavy atom. The predicted octanol–water partition coefficient (Wildman–Crippen LogP) is 1.72. The molecule has 6 heteroatoms. The van der Waals surface area contributed by atoms with Crippen molar-refractivity contribution in [3.8, 4) is 0 Å². The Bertz CT molecular complexity index is 407. The van der Waals surface area contributed by atoms with Gasteiger partial charge in [-0.1, -0.05) is 6.92 Å². The molecule has 1 fully saturated rings. The van der Waals surface area contributed by atoms with E-state index in [0.29, 0.717) is 12.8 Å². The summed E-state index contributed by atoms with van der Waals surface area (Å²) in [4.78, 5) is 11.8. The summed E-state index contributed by atoms with van der Waals surface area (Å²) in [5, 5.41) is 0. The first-order chi connectivity index (χ1) is 8.03. The SMILES string of the molecule is CC[C@@H](OS(C)(=O)=O)[C@@H]1C[C@H]1C(=O)OC(C)(C)C. The van der Waals surface area contributed by atoms with Crippen molar-refractivity contribution >= 4 is 16.1 Å². The van der Waals surface area contributed by atoms with Crippen molar-refractivity contribution in [2.75, 3.05) is 6.26 Å². The van der Waals surface area contributed by atoms with E-state index in [1.807, 2.05) is 27.7 Å². The second-order valence-corrected chi connectivity index (χ2v) is 7.39. The van der Waals surface area contributed by atoms with E-state index >= 15 is 0 Å². The van der Waals surface area contributed by atoms with Crippen LogP contribution in [0, 0.1) is 11.8 Å². The molecule has 0 aliphatic heterocycles. The van der Waals surface area contributed by atoms with Gasteiger partial charge in [-0.15, -0.1) is 0 Å². The molecule has 1 aliphatic carbocycles. The molecule has 0 spiro atoms. The molecule has 0 aromatic rings. The molecule has 1 aliphatic rings. The average Bonchev–Trinajstić information content (AvgIpc) is 2.89. The highest BCUT2D eigenvalue weighted by Crippen LogP contribution is 2.45. The second kappa shape index (κ2) is 5.17. The fourth-order valence-corrected chi connectivity index (χ4v) is 2.67. The first kappa shape index (κ1) is 15.4. The summed E-state index contributed by atoms with van der Waals surface area (Å²) >= 11 is 0. The number of carbonyl (C=O) groups excluding carboxylic acids is 1. The maximum absolute atomic E-state index is 11.8. The zero-order valence-corrected chi connectivity index (χ0v) is 12.4. The van der Waals surface area contributed by atoms with E-state index in [2.05, 4.69) is 0 Å². The van der Waals surface area contributed by atoms with Gasteiger partial charge in [-0.3, -0.25) is 8.98 Å². The van der Waals surface area contributed by atoms with Crippen LogP contribution >= 0.6 is 0 Å². The molecule has 0 saturated heterocycles. The van der Waals surface area contributed by atoms with Gasteiger partial charge in [0.15, 0.2) is 0 Å². The third-order valence-corrected chi connectivity index (χ3v) is 3.32. The molecule has 18 heavy (non-hydrogen) atoms. The number of ether oxygens (including phenoxy) is 1. The Morgan fingerprint density at radius 1 is 1.39 bits per heavy atom. The van der Waals surface area contributed by atoms with Crippen LogP contribution in [-0.2, 0) is 23.8 Å². The van der Waals surface area contributed by atoms with E-state index < -0.39 is 21.8 Å². The summed E-state index contributed by atoms with van der Waals surface area (Å²) in [6.45, 7) is 7.28. The third kappa shape index (κ3) is 4.94. The van der Waals surface area contributed by atoms with Gasteiger partial charge in [0.25, 0.3) is 10.1 Å². The molecule has 0 bridgehead atoms. The minimum Gasteiger partial charge on any atom is -0.460 e. The van der Waals surface area contributed by atoms with Crippen LogP contribution in [0.3, 0.4) is 0 Å². The van der Waals surface area contributed by atoms with Gasteiger partial charge in [-0.25, -0.2) is 0 Å². The van der Waals surface area contributed by atoms with Crippen LogP contribution in [0.4, 0.5) is 0 Å². The van der Waals surface area contributed by atoms with Gasteiger partial charge < -0.3 is 4.74 Å². The molecule has 0 unspecified atom stereocenters. The molecule has 1 rings (SSSR count). The maximum atomic E-state index is 11.8. The molecular weight excluding hydrogens is 256 g/mol. The van der Waals surface area contributed by atoms with Crippen LogP contribution in [0.2, 0.25) is 0 Å². The molecular formula is C12H22O5S. The highest BCUT2D eigenvalue weighted by Gasteiger charge is 2.50. The number of hydrogen-bond donors (Lipinski definition) is 0. The topological polar surface area (TPSA) is 69.7 Å². The number of carbonyl (C=O) groups is 1. The highest BCUT2D eigenvalue weighted by atomic mass is 32.2. The molecule has 0 amide bonds. The minimum absolute atomic E-state index is 0.0421. The van der Waals surface area contributed by atoms with Crippen molar-refractivity contribution in [3.05, 3.63) is 0 Å². The predicted molar refractivity (Wildman–Crippen MR) is 67.4 cm³/mol. The smallest absolute Gasteiger partial charge is 0.309 e. The summed E-state index contributed by atoms with van der Waals surface area (Å²) in [6, 6.07) is 0. The van der Waals surface area contributed by atoms with Crippen molar-refractivity contribution < 1.29 is 22.1 Å². The molecule has 5 nitrogen and oxygen atoms in total. The Morgan fingerprint density at radius 2 is 1.94 bits per heavy atom. The lowest BCUT2D eigenvalue weighted by Gasteiger charge is -2.20. The van der Waals surface area contributed by atoms with E-state index in [4.69, 9.17) is 8.92 Å². The van der Waals surface area contributed by atoms with Crippen LogP contribution < -0.4 is 0 Å². The Labute approximate surface area is 109 Å². The zero-order valence-electron chi connectivity index (χ0n) is 11.6. The van der Waals surface area contributed by atoms with Crippen LogP contribution in [0.1, 0.15) is 40.5 Å². The van der Waals surface area contributed by atoms with Crippen LogP contribution in [0.25, 0.3) is 0 Å². The molecule has 0 radical (unpaired) electrons. The average molecular weight is 278 g/mol. The molecule has 0 aromatic heterocycles. The van der Waals surface area contributed by atoms with Gasteiger partial charge in [-0.05, 0) is 33.6 Å².